The molecule has 0 fully saturated rings. The highest BCUT2D eigenvalue weighted by Gasteiger charge is 2.20. The molecule has 0 aliphatic carbocycles. The normalized spacial score (nSPS) is 12.9. The SMILES string of the molecule is CCOc1cc(S(=O)(=O)N[C@@H](C)c2ccccc2)ccc1F. The van der Waals surface area contributed by atoms with Gasteiger partial charge in [-0.3, -0.25) is 0 Å². The van der Waals surface area contributed by atoms with Gasteiger partial charge in [0.2, 0.25) is 10.0 Å². The van der Waals surface area contributed by atoms with Crippen LogP contribution in [0.1, 0.15) is 25.5 Å². The van der Waals surface area contributed by atoms with Gasteiger partial charge in [-0.05, 0) is 31.5 Å². The van der Waals surface area contributed by atoms with Crippen LogP contribution in [-0.2, 0) is 10.0 Å². The third kappa shape index (κ3) is 3.84. The van der Waals surface area contributed by atoms with Gasteiger partial charge in [-0.2, -0.15) is 0 Å². The summed E-state index contributed by atoms with van der Waals surface area (Å²) in [5.74, 6) is -0.658. The van der Waals surface area contributed by atoms with E-state index in [1.807, 2.05) is 30.3 Å². The highest BCUT2D eigenvalue weighted by Crippen LogP contribution is 2.23. The second kappa shape index (κ2) is 6.89. The van der Waals surface area contributed by atoms with E-state index in [1.165, 1.54) is 12.1 Å². The Labute approximate surface area is 130 Å². The van der Waals surface area contributed by atoms with Crippen LogP contribution in [0, 0.1) is 5.82 Å². The molecule has 0 heterocycles. The van der Waals surface area contributed by atoms with Crippen LogP contribution in [0.2, 0.25) is 0 Å². The molecule has 0 aliphatic heterocycles. The van der Waals surface area contributed by atoms with Crippen molar-refractivity contribution >= 4 is 10.0 Å². The summed E-state index contributed by atoms with van der Waals surface area (Å²) in [5, 5.41) is 0. The summed E-state index contributed by atoms with van der Waals surface area (Å²) < 4.78 is 46.0. The van der Waals surface area contributed by atoms with Crippen molar-refractivity contribution in [2.45, 2.75) is 24.8 Å². The van der Waals surface area contributed by atoms with Gasteiger partial charge in [0, 0.05) is 12.1 Å². The summed E-state index contributed by atoms with van der Waals surface area (Å²) in [4.78, 5) is -0.0277. The topological polar surface area (TPSA) is 55.4 Å². The maximum Gasteiger partial charge on any atom is 0.241 e. The Morgan fingerprint density at radius 1 is 1.18 bits per heavy atom. The Balaban J connectivity index is 2.25. The van der Waals surface area contributed by atoms with Crippen molar-refractivity contribution in [3.05, 3.63) is 59.9 Å². The lowest BCUT2D eigenvalue weighted by molar-refractivity contribution is 0.320. The zero-order valence-electron chi connectivity index (χ0n) is 12.4. The Bertz CT molecular complexity index is 732. The average molecular weight is 323 g/mol. The lowest BCUT2D eigenvalue weighted by Crippen LogP contribution is -2.27. The van der Waals surface area contributed by atoms with Crippen LogP contribution >= 0.6 is 0 Å². The molecule has 0 bridgehead atoms. The fraction of sp³-hybridized carbons (Fsp3) is 0.250. The van der Waals surface area contributed by atoms with Crippen LogP contribution in [0.5, 0.6) is 5.75 Å². The lowest BCUT2D eigenvalue weighted by atomic mass is 10.1. The highest BCUT2D eigenvalue weighted by molar-refractivity contribution is 7.89. The number of sulfonamides is 1. The van der Waals surface area contributed by atoms with E-state index in [0.717, 1.165) is 11.6 Å². The van der Waals surface area contributed by atoms with Gasteiger partial charge in [0.05, 0.1) is 11.5 Å². The van der Waals surface area contributed by atoms with E-state index in [-0.39, 0.29) is 17.3 Å². The first kappa shape index (κ1) is 16.5. The van der Waals surface area contributed by atoms with E-state index < -0.39 is 21.9 Å². The van der Waals surface area contributed by atoms with Crippen molar-refractivity contribution in [2.24, 2.45) is 0 Å². The van der Waals surface area contributed by atoms with E-state index in [4.69, 9.17) is 4.74 Å². The molecular weight excluding hydrogens is 305 g/mol. The summed E-state index contributed by atoms with van der Waals surface area (Å²) in [6.45, 7) is 3.71. The first-order chi connectivity index (χ1) is 10.4. The molecule has 118 valence electrons. The third-order valence-electron chi connectivity index (χ3n) is 3.14. The maximum atomic E-state index is 13.5. The molecule has 22 heavy (non-hydrogen) atoms. The molecule has 0 unspecified atom stereocenters. The van der Waals surface area contributed by atoms with E-state index in [1.54, 1.807) is 13.8 Å². The van der Waals surface area contributed by atoms with Gasteiger partial charge in [-0.25, -0.2) is 17.5 Å². The van der Waals surface area contributed by atoms with Crippen molar-refractivity contribution in [2.75, 3.05) is 6.61 Å². The second-order valence-corrected chi connectivity index (χ2v) is 6.49. The van der Waals surface area contributed by atoms with E-state index >= 15 is 0 Å². The largest absolute Gasteiger partial charge is 0.491 e. The van der Waals surface area contributed by atoms with Crippen LogP contribution in [0.3, 0.4) is 0 Å². The number of rotatable bonds is 6. The summed E-state index contributed by atoms with van der Waals surface area (Å²) in [6, 6.07) is 12.3. The number of halogens is 1. The van der Waals surface area contributed by atoms with Crippen molar-refractivity contribution in [3.63, 3.8) is 0 Å². The van der Waals surface area contributed by atoms with E-state index in [0.29, 0.717) is 0 Å². The van der Waals surface area contributed by atoms with Crippen LogP contribution in [0.4, 0.5) is 4.39 Å². The van der Waals surface area contributed by atoms with Crippen molar-refractivity contribution < 1.29 is 17.5 Å². The van der Waals surface area contributed by atoms with Crippen molar-refractivity contribution in [3.8, 4) is 5.75 Å². The molecule has 2 aromatic rings. The second-order valence-electron chi connectivity index (χ2n) is 4.78. The molecule has 6 heteroatoms. The summed E-state index contributed by atoms with van der Waals surface area (Å²) in [5.41, 5.74) is 0.846. The van der Waals surface area contributed by atoms with Crippen molar-refractivity contribution in [1.82, 2.24) is 4.72 Å². The minimum atomic E-state index is -3.76. The first-order valence-corrected chi connectivity index (χ1v) is 8.42. The minimum absolute atomic E-state index is 0.0277. The quantitative estimate of drug-likeness (QED) is 0.888. The highest BCUT2D eigenvalue weighted by atomic mass is 32.2. The molecule has 2 rings (SSSR count). The number of nitrogens with one attached hydrogen (secondary N) is 1. The zero-order chi connectivity index (χ0) is 16.2. The Hall–Kier alpha value is -1.92. The van der Waals surface area contributed by atoms with Gasteiger partial charge in [0.1, 0.15) is 0 Å². The minimum Gasteiger partial charge on any atom is -0.491 e. The number of hydrogen-bond acceptors (Lipinski definition) is 3. The Morgan fingerprint density at radius 2 is 1.86 bits per heavy atom. The van der Waals surface area contributed by atoms with Gasteiger partial charge in [0.25, 0.3) is 0 Å². The van der Waals surface area contributed by atoms with E-state index in [2.05, 4.69) is 4.72 Å². The molecule has 4 nitrogen and oxygen atoms in total. The molecule has 0 saturated carbocycles. The molecule has 0 saturated heterocycles. The smallest absolute Gasteiger partial charge is 0.241 e. The first-order valence-electron chi connectivity index (χ1n) is 6.93. The van der Waals surface area contributed by atoms with Gasteiger partial charge < -0.3 is 4.74 Å². The molecular formula is C16H18FNO3S. The molecule has 0 spiro atoms. The standard InChI is InChI=1S/C16H18FNO3S/c1-3-21-16-11-14(9-10-15(16)17)22(19,20)18-12(2)13-7-5-4-6-8-13/h4-12,18H,3H2,1-2H3/t12-/m0/s1. The Morgan fingerprint density at radius 3 is 2.50 bits per heavy atom. The molecule has 0 radical (unpaired) electrons. The summed E-state index contributed by atoms with van der Waals surface area (Å²) in [7, 11) is -3.76. The predicted molar refractivity (Wildman–Crippen MR) is 82.7 cm³/mol. The van der Waals surface area contributed by atoms with Gasteiger partial charge in [-0.15, -0.1) is 0 Å². The fourth-order valence-electron chi connectivity index (χ4n) is 2.03. The number of hydrogen-bond donors (Lipinski definition) is 1. The molecule has 1 N–H and O–H groups in total. The average Bonchev–Trinajstić information content (AvgIpc) is 2.50. The molecule has 0 aromatic heterocycles. The zero-order valence-corrected chi connectivity index (χ0v) is 13.2. The van der Waals surface area contributed by atoms with Gasteiger partial charge in [0.15, 0.2) is 11.6 Å². The third-order valence-corrected chi connectivity index (χ3v) is 4.68. The van der Waals surface area contributed by atoms with Crippen molar-refractivity contribution in [1.29, 1.82) is 0 Å². The van der Waals surface area contributed by atoms with Crippen LogP contribution in [0.15, 0.2) is 53.4 Å². The molecule has 1 atom stereocenters. The molecule has 0 aliphatic rings. The van der Waals surface area contributed by atoms with Crippen LogP contribution < -0.4 is 9.46 Å². The number of benzene rings is 2. The summed E-state index contributed by atoms with van der Waals surface area (Å²) in [6.07, 6.45) is 0. The molecule has 2 aromatic carbocycles. The maximum absolute atomic E-state index is 13.5. The van der Waals surface area contributed by atoms with Crippen LogP contribution in [-0.4, -0.2) is 15.0 Å². The van der Waals surface area contributed by atoms with Crippen LogP contribution in [0.25, 0.3) is 0 Å². The fourth-order valence-corrected chi connectivity index (χ4v) is 3.27. The molecule has 0 amide bonds. The monoisotopic (exact) mass is 323 g/mol. The van der Waals surface area contributed by atoms with Gasteiger partial charge in [-0.1, -0.05) is 30.3 Å². The summed E-state index contributed by atoms with van der Waals surface area (Å²) >= 11 is 0. The van der Waals surface area contributed by atoms with Gasteiger partial charge >= 0.3 is 0 Å². The number of ether oxygens (including phenoxy) is 1. The predicted octanol–water partition coefficient (Wildman–Crippen LogP) is 3.26. The Kier molecular flexibility index (Phi) is 5.15. The van der Waals surface area contributed by atoms with E-state index in [9.17, 15) is 12.8 Å². The lowest BCUT2D eigenvalue weighted by Gasteiger charge is -2.15.